The van der Waals surface area contributed by atoms with Crippen LogP contribution in [-0.2, 0) is 4.74 Å². The van der Waals surface area contributed by atoms with E-state index in [1.165, 1.54) is 11.1 Å². The van der Waals surface area contributed by atoms with Gasteiger partial charge in [0.2, 0.25) is 0 Å². The van der Waals surface area contributed by atoms with Crippen LogP contribution in [0.5, 0.6) is 5.75 Å². The molecule has 1 saturated heterocycles. The molecule has 3 nitrogen and oxygen atoms in total. The zero-order valence-electron chi connectivity index (χ0n) is 10.8. The Morgan fingerprint density at radius 1 is 1.41 bits per heavy atom. The van der Waals surface area contributed by atoms with Crippen LogP contribution in [-0.4, -0.2) is 26.8 Å². The number of nitrogens with one attached hydrogen (secondary N) is 1. The molecule has 1 heterocycles. The van der Waals surface area contributed by atoms with Crippen LogP contribution in [0.25, 0.3) is 0 Å². The molecule has 0 saturated carbocycles. The van der Waals surface area contributed by atoms with E-state index < -0.39 is 0 Å². The first-order chi connectivity index (χ1) is 8.22. The quantitative estimate of drug-likeness (QED) is 0.873. The van der Waals surface area contributed by atoms with E-state index in [1.54, 1.807) is 7.11 Å². The molecule has 1 aromatic carbocycles. The van der Waals surface area contributed by atoms with Crippen LogP contribution < -0.4 is 10.1 Å². The van der Waals surface area contributed by atoms with Gasteiger partial charge in [-0.25, -0.2) is 0 Å². The smallest absolute Gasteiger partial charge is 0.122 e. The molecular weight excluding hydrogens is 214 g/mol. The number of rotatable bonds is 3. The van der Waals surface area contributed by atoms with Gasteiger partial charge in [-0.2, -0.15) is 0 Å². The zero-order chi connectivity index (χ0) is 12.3. The molecular formula is C14H21NO2. The molecule has 0 aromatic heterocycles. The number of ether oxygens (including phenoxy) is 2. The van der Waals surface area contributed by atoms with Crippen LogP contribution >= 0.6 is 0 Å². The Kier molecular flexibility index (Phi) is 4.02. The first-order valence-electron chi connectivity index (χ1n) is 6.22. The van der Waals surface area contributed by atoms with Gasteiger partial charge in [0.15, 0.2) is 0 Å². The van der Waals surface area contributed by atoms with Crippen molar-refractivity contribution in [1.29, 1.82) is 0 Å². The predicted octanol–water partition coefficient (Wildman–Crippen LogP) is 2.48. The molecule has 0 aliphatic carbocycles. The van der Waals surface area contributed by atoms with E-state index in [4.69, 9.17) is 9.47 Å². The molecule has 0 bridgehead atoms. The summed E-state index contributed by atoms with van der Waals surface area (Å²) < 4.78 is 11.2. The highest BCUT2D eigenvalue weighted by molar-refractivity contribution is 5.40. The zero-order valence-corrected chi connectivity index (χ0v) is 10.8. The lowest BCUT2D eigenvalue weighted by Gasteiger charge is -2.25. The third kappa shape index (κ3) is 2.79. The molecule has 1 aliphatic rings. The lowest BCUT2D eigenvalue weighted by molar-refractivity contribution is 0.0275. The van der Waals surface area contributed by atoms with E-state index >= 15 is 0 Å². The van der Waals surface area contributed by atoms with E-state index in [0.29, 0.717) is 5.92 Å². The highest BCUT2D eigenvalue weighted by Gasteiger charge is 2.17. The first kappa shape index (κ1) is 12.4. The van der Waals surface area contributed by atoms with Crippen molar-refractivity contribution in [3.8, 4) is 5.75 Å². The van der Waals surface area contributed by atoms with Gasteiger partial charge in [0.25, 0.3) is 0 Å². The molecule has 1 atom stereocenters. The SMILES string of the molecule is COc1cc(C2CNCCO2)ccc1C(C)C. The summed E-state index contributed by atoms with van der Waals surface area (Å²) in [5, 5.41) is 3.34. The molecule has 1 aliphatic heterocycles. The summed E-state index contributed by atoms with van der Waals surface area (Å²) >= 11 is 0. The van der Waals surface area contributed by atoms with Crippen molar-refractivity contribution in [3.05, 3.63) is 29.3 Å². The van der Waals surface area contributed by atoms with Gasteiger partial charge in [-0.05, 0) is 23.1 Å². The Hall–Kier alpha value is -1.06. The second-order valence-corrected chi connectivity index (χ2v) is 4.72. The van der Waals surface area contributed by atoms with E-state index in [0.717, 1.165) is 25.4 Å². The molecule has 1 N–H and O–H groups in total. The Bertz CT molecular complexity index is 370. The van der Waals surface area contributed by atoms with Crippen LogP contribution in [0, 0.1) is 0 Å². The van der Waals surface area contributed by atoms with E-state index in [1.807, 2.05) is 0 Å². The van der Waals surface area contributed by atoms with Gasteiger partial charge in [0.1, 0.15) is 5.75 Å². The van der Waals surface area contributed by atoms with Crippen LogP contribution in [0.3, 0.4) is 0 Å². The molecule has 0 radical (unpaired) electrons. The van der Waals surface area contributed by atoms with Gasteiger partial charge in [0.05, 0.1) is 19.8 Å². The average Bonchev–Trinajstić information content (AvgIpc) is 2.39. The second kappa shape index (κ2) is 5.52. The maximum Gasteiger partial charge on any atom is 0.122 e. The van der Waals surface area contributed by atoms with E-state index in [-0.39, 0.29) is 6.10 Å². The van der Waals surface area contributed by atoms with Crippen molar-refractivity contribution >= 4 is 0 Å². The minimum atomic E-state index is 0.152. The fraction of sp³-hybridized carbons (Fsp3) is 0.571. The van der Waals surface area contributed by atoms with Crippen molar-refractivity contribution in [2.24, 2.45) is 0 Å². The second-order valence-electron chi connectivity index (χ2n) is 4.72. The van der Waals surface area contributed by atoms with Crippen LogP contribution in [0.2, 0.25) is 0 Å². The minimum Gasteiger partial charge on any atom is -0.496 e. The van der Waals surface area contributed by atoms with Gasteiger partial charge < -0.3 is 14.8 Å². The van der Waals surface area contributed by atoms with Gasteiger partial charge in [-0.3, -0.25) is 0 Å². The van der Waals surface area contributed by atoms with Crippen molar-refractivity contribution in [2.75, 3.05) is 26.8 Å². The summed E-state index contributed by atoms with van der Waals surface area (Å²) in [6.45, 7) is 6.95. The average molecular weight is 235 g/mol. The molecule has 1 unspecified atom stereocenters. The summed E-state index contributed by atoms with van der Waals surface area (Å²) in [4.78, 5) is 0. The normalized spacial score (nSPS) is 20.6. The van der Waals surface area contributed by atoms with Crippen molar-refractivity contribution in [1.82, 2.24) is 5.32 Å². The molecule has 3 heteroatoms. The predicted molar refractivity (Wildman–Crippen MR) is 68.6 cm³/mol. The standard InChI is InChI=1S/C14H21NO2/c1-10(2)12-5-4-11(8-13(12)16-3)14-9-15-6-7-17-14/h4-5,8,10,14-15H,6-7,9H2,1-3H3. The molecule has 94 valence electrons. The van der Waals surface area contributed by atoms with E-state index in [9.17, 15) is 0 Å². The summed E-state index contributed by atoms with van der Waals surface area (Å²) in [6.07, 6.45) is 0.152. The largest absolute Gasteiger partial charge is 0.496 e. The van der Waals surface area contributed by atoms with Gasteiger partial charge in [-0.1, -0.05) is 26.0 Å². The van der Waals surface area contributed by atoms with Gasteiger partial charge in [-0.15, -0.1) is 0 Å². The Balaban J connectivity index is 2.24. The van der Waals surface area contributed by atoms with Crippen LogP contribution in [0.1, 0.15) is 37.0 Å². The van der Waals surface area contributed by atoms with Gasteiger partial charge >= 0.3 is 0 Å². The van der Waals surface area contributed by atoms with E-state index in [2.05, 4.69) is 37.4 Å². The summed E-state index contributed by atoms with van der Waals surface area (Å²) in [6, 6.07) is 6.40. The monoisotopic (exact) mass is 235 g/mol. The fourth-order valence-electron chi connectivity index (χ4n) is 2.18. The lowest BCUT2D eigenvalue weighted by Crippen LogP contribution is -2.33. The molecule has 0 amide bonds. The van der Waals surface area contributed by atoms with Crippen molar-refractivity contribution in [2.45, 2.75) is 25.9 Å². The van der Waals surface area contributed by atoms with Crippen molar-refractivity contribution in [3.63, 3.8) is 0 Å². The fourth-order valence-corrected chi connectivity index (χ4v) is 2.18. The molecule has 0 spiro atoms. The summed E-state index contributed by atoms with van der Waals surface area (Å²) in [7, 11) is 1.73. The lowest BCUT2D eigenvalue weighted by atomic mass is 9.98. The Labute approximate surface area is 103 Å². The van der Waals surface area contributed by atoms with Crippen LogP contribution in [0.4, 0.5) is 0 Å². The Morgan fingerprint density at radius 2 is 2.24 bits per heavy atom. The number of methoxy groups -OCH3 is 1. The highest BCUT2D eigenvalue weighted by atomic mass is 16.5. The first-order valence-corrected chi connectivity index (χ1v) is 6.22. The number of benzene rings is 1. The minimum absolute atomic E-state index is 0.152. The Morgan fingerprint density at radius 3 is 2.82 bits per heavy atom. The maximum absolute atomic E-state index is 5.75. The number of morpholine rings is 1. The topological polar surface area (TPSA) is 30.5 Å². The molecule has 1 aromatic rings. The third-order valence-corrected chi connectivity index (χ3v) is 3.18. The molecule has 1 fully saturated rings. The maximum atomic E-state index is 5.75. The van der Waals surface area contributed by atoms with Crippen LogP contribution in [0.15, 0.2) is 18.2 Å². The molecule has 17 heavy (non-hydrogen) atoms. The summed E-state index contributed by atoms with van der Waals surface area (Å²) in [5.41, 5.74) is 2.44. The number of hydrogen-bond acceptors (Lipinski definition) is 3. The van der Waals surface area contributed by atoms with Gasteiger partial charge in [0, 0.05) is 13.1 Å². The summed E-state index contributed by atoms with van der Waals surface area (Å²) in [5.74, 6) is 1.44. The number of hydrogen-bond donors (Lipinski definition) is 1. The third-order valence-electron chi connectivity index (χ3n) is 3.18. The van der Waals surface area contributed by atoms with Crippen molar-refractivity contribution < 1.29 is 9.47 Å². The highest BCUT2D eigenvalue weighted by Crippen LogP contribution is 2.30. The molecule has 2 rings (SSSR count).